The van der Waals surface area contributed by atoms with Gasteiger partial charge in [-0.15, -0.1) is 0 Å². The number of ether oxygens (including phenoxy) is 1. The van der Waals surface area contributed by atoms with Gasteiger partial charge in [0, 0.05) is 39.5 Å². The van der Waals surface area contributed by atoms with Gasteiger partial charge in [-0.1, -0.05) is 42.5 Å². The van der Waals surface area contributed by atoms with Crippen LogP contribution < -0.4 is 4.74 Å². The van der Waals surface area contributed by atoms with Gasteiger partial charge >= 0.3 is 0 Å². The van der Waals surface area contributed by atoms with E-state index >= 15 is 0 Å². The Balaban J connectivity index is 1.88. The molecule has 28 heavy (non-hydrogen) atoms. The highest BCUT2D eigenvalue weighted by Gasteiger charge is 2.16. The van der Waals surface area contributed by atoms with Crippen molar-refractivity contribution in [1.29, 1.82) is 0 Å². The Morgan fingerprint density at radius 3 is 2.29 bits per heavy atom. The number of hydrogen-bond donors (Lipinski definition) is 0. The number of hydrogen-bond acceptors (Lipinski definition) is 3. The van der Waals surface area contributed by atoms with Gasteiger partial charge in [0.15, 0.2) is 0 Å². The van der Waals surface area contributed by atoms with E-state index in [0.717, 1.165) is 23.3 Å². The van der Waals surface area contributed by atoms with Crippen molar-refractivity contribution < 1.29 is 14.3 Å². The summed E-state index contributed by atoms with van der Waals surface area (Å²) in [4.78, 5) is 28.2. The minimum Gasteiger partial charge on any atom is -0.497 e. The van der Waals surface area contributed by atoms with Crippen LogP contribution in [0.25, 0.3) is 0 Å². The average Bonchev–Trinajstić information content (AvgIpc) is 2.72. The zero-order valence-electron chi connectivity index (χ0n) is 17.1. The first-order valence-corrected chi connectivity index (χ1v) is 9.73. The van der Waals surface area contributed by atoms with E-state index in [1.165, 1.54) is 0 Å². The molecule has 2 rings (SSSR count). The van der Waals surface area contributed by atoms with Gasteiger partial charge in [0.25, 0.3) is 0 Å². The normalized spacial score (nSPS) is 10.4. The number of methoxy groups -OCH3 is 1. The van der Waals surface area contributed by atoms with Crippen molar-refractivity contribution in [3.63, 3.8) is 0 Å². The first-order chi connectivity index (χ1) is 13.5. The van der Waals surface area contributed by atoms with Crippen LogP contribution in [0.15, 0.2) is 54.6 Å². The molecule has 5 heteroatoms. The molecule has 0 saturated carbocycles. The van der Waals surface area contributed by atoms with Gasteiger partial charge in [0.2, 0.25) is 11.8 Å². The molecule has 0 unspecified atom stereocenters. The minimum atomic E-state index is -0.0122. The Kier molecular flexibility index (Phi) is 8.53. The highest BCUT2D eigenvalue weighted by Crippen LogP contribution is 2.13. The molecule has 0 aromatic heterocycles. The fourth-order valence-corrected chi connectivity index (χ4v) is 3.09. The second-order valence-corrected chi connectivity index (χ2v) is 6.75. The summed E-state index contributed by atoms with van der Waals surface area (Å²) >= 11 is 0. The Morgan fingerprint density at radius 1 is 0.929 bits per heavy atom. The predicted octanol–water partition coefficient (Wildman–Crippen LogP) is 3.53. The number of carbonyl (C=O) groups excluding carboxylic acids is 2. The molecule has 0 spiro atoms. The van der Waals surface area contributed by atoms with E-state index in [1.807, 2.05) is 66.4 Å². The fraction of sp³-hybridized carbons (Fsp3) is 0.391. The molecular formula is C23H30N2O3. The Hall–Kier alpha value is -2.82. The van der Waals surface area contributed by atoms with Crippen molar-refractivity contribution in [2.45, 2.75) is 33.2 Å². The molecule has 2 amide bonds. The standard InChI is InChI=1S/C23H30N2O3/c1-4-24(18-21-9-6-5-7-10-21)23(27)14-16-25(19(2)26)15-13-20-11-8-12-22(17-20)28-3/h5-12,17H,4,13-16,18H2,1-3H3. The summed E-state index contributed by atoms with van der Waals surface area (Å²) in [7, 11) is 1.64. The molecule has 5 nitrogen and oxygen atoms in total. The van der Waals surface area contributed by atoms with E-state index < -0.39 is 0 Å². The summed E-state index contributed by atoms with van der Waals surface area (Å²) in [6, 6.07) is 17.8. The minimum absolute atomic E-state index is 0.0122. The van der Waals surface area contributed by atoms with Crippen LogP contribution in [0.5, 0.6) is 5.75 Å². The van der Waals surface area contributed by atoms with Crippen molar-refractivity contribution in [1.82, 2.24) is 9.80 Å². The fourth-order valence-electron chi connectivity index (χ4n) is 3.09. The second kappa shape index (κ2) is 11.1. The molecule has 0 atom stereocenters. The van der Waals surface area contributed by atoms with Crippen molar-refractivity contribution in [3.05, 3.63) is 65.7 Å². The van der Waals surface area contributed by atoms with Crippen LogP contribution in [0.1, 0.15) is 31.4 Å². The summed E-state index contributed by atoms with van der Waals surface area (Å²) in [5.74, 6) is 0.863. The van der Waals surface area contributed by atoms with Gasteiger partial charge in [-0.05, 0) is 36.6 Å². The second-order valence-electron chi connectivity index (χ2n) is 6.75. The van der Waals surface area contributed by atoms with Crippen molar-refractivity contribution >= 4 is 11.8 Å². The molecular weight excluding hydrogens is 352 g/mol. The van der Waals surface area contributed by atoms with Gasteiger partial charge in [0.05, 0.1) is 7.11 Å². The summed E-state index contributed by atoms with van der Waals surface area (Å²) in [6.45, 7) is 5.80. The van der Waals surface area contributed by atoms with Crippen LogP contribution in [-0.4, -0.2) is 48.4 Å². The number of rotatable bonds is 10. The summed E-state index contributed by atoms with van der Waals surface area (Å²) in [6.07, 6.45) is 1.06. The molecule has 0 bridgehead atoms. The summed E-state index contributed by atoms with van der Waals surface area (Å²) in [5.41, 5.74) is 2.22. The smallest absolute Gasteiger partial charge is 0.224 e. The number of nitrogens with zero attached hydrogens (tertiary/aromatic N) is 2. The maximum Gasteiger partial charge on any atom is 0.224 e. The van der Waals surface area contributed by atoms with E-state index in [4.69, 9.17) is 4.74 Å². The van der Waals surface area contributed by atoms with Crippen molar-refractivity contribution in [2.24, 2.45) is 0 Å². The molecule has 0 saturated heterocycles. The van der Waals surface area contributed by atoms with Crippen LogP contribution in [-0.2, 0) is 22.6 Å². The first-order valence-electron chi connectivity index (χ1n) is 9.73. The quantitative estimate of drug-likeness (QED) is 0.632. The monoisotopic (exact) mass is 382 g/mol. The highest BCUT2D eigenvalue weighted by molar-refractivity contribution is 5.78. The Morgan fingerprint density at radius 2 is 1.64 bits per heavy atom. The third-order valence-electron chi connectivity index (χ3n) is 4.80. The molecule has 0 aliphatic heterocycles. The van der Waals surface area contributed by atoms with Crippen molar-refractivity contribution in [3.8, 4) is 5.75 Å². The largest absolute Gasteiger partial charge is 0.497 e. The molecule has 2 aromatic rings. The van der Waals surface area contributed by atoms with E-state index in [-0.39, 0.29) is 11.8 Å². The maximum atomic E-state index is 12.6. The molecule has 150 valence electrons. The van der Waals surface area contributed by atoms with E-state index in [2.05, 4.69) is 0 Å². The molecule has 0 aliphatic carbocycles. The number of benzene rings is 2. The van der Waals surface area contributed by atoms with Crippen LogP contribution in [0.3, 0.4) is 0 Å². The van der Waals surface area contributed by atoms with Gasteiger partial charge in [-0.3, -0.25) is 9.59 Å². The SMILES string of the molecule is CCN(Cc1ccccc1)C(=O)CCN(CCc1cccc(OC)c1)C(C)=O. The van der Waals surface area contributed by atoms with Crippen LogP contribution >= 0.6 is 0 Å². The molecule has 0 radical (unpaired) electrons. The van der Waals surface area contributed by atoms with Gasteiger partial charge in [-0.2, -0.15) is 0 Å². The lowest BCUT2D eigenvalue weighted by molar-refractivity contribution is -0.133. The van der Waals surface area contributed by atoms with Crippen LogP contribution in [0.2, 0.25) is 0 Å². The third-order valence-corrected chi connectivity index (χ3v) is 4.80. The maximum absolute atomic E-state index is 12.6. The molecule has 0 heterocycles. The first kappa shape index (κ1) is 21.5. The van der Waals surface area contributed by atoms with Crippen LogP contribution in [0.4, 0.5) is 0 Å². The van der Waals surface area contributed by atoms with Gasteiger partial charge in [-0.25, -0.2) is 0 Å². The zero-order valence-corrected chi connectivity index (χ0v) is 17.1. The lowest BCUT2D eigenvalue weighted by atomic mass is 10.1. The van der Waals surface area contributed by atoms with Crippen molar-refractivity contribution in [2.75, 3.05) is 26.7 Å². The van der Waals surface area contributed by atoms with E-state index in [0.29, 0.717) is 32.6 Å². The topological polar surface area (TPSA) is 49.9 Å². The Bertz CT molecular complexity index is 761. The van der Waals surface area contributed by atoms with Gasteiger partial charge < -0.3 is 14.5 Å². The average molecular weight is 383 g/mol. The number of carbonyl (C=O) groups is 2. The summed E-state index contributed by atoms with van der Waals surface area (Å²) in [5, 5.41) is 0. The van der Waals surface area contributed by atoms with E-state index in [9.17, 15) is 9.59 Å². The summed E-state index contributed by atoms with van der Waals surface area (Å²) < 4.78 is 5.24. The molecule has 0 aliphatic rings. The highest BCUT2D eigenvalue weighted by atomic mass is 16.5. The van der Waals surface area contributed by atoms with E-state index in [1.54, 1.807) is 18.9 Å². The predicted molar refractivity (Wildman–Crippen MR) is 111 cm³/mol. The molecule has 0 fully saturated rings. The lowest BCUT2D eigenvalue weighted by Crippen LogP contribution is -2.37. The van der Waals surface area contributed by atoms with Crippen LogP contribution in [0, 0.1) is 0 Å². The Labute approximate surface area is 167 Å². The number of amides is 2. The lowest BCUT2D eigenvalue weighted by Gasteiger charge is -2.25. The third kappa shape index (κ3) is 6.72. The molecule has 0 N–H and O–H groups in total. The molecule has 2 aromatic carbocycles. The van der Waals surface area contributed by atoms with Gasteiger partial charge in [0.1, 0.15) is 5.75 Å². The zero-order chi connectivity index (χ0) is 20.4.